The minimum Gasteiger partial charge on any atom is -0.353 e. The number of nitrogens with one attached hydrogen (secondary N) is 1. The highest BCUT2D eigenvalue weighted by Crippen LogP contribution is 2.56. The molecule has 4 heteroatoms. The van der Waals surface area contributed by atoms with Crippen LogP contribution in [-0.2, 0) is 9.59 Å². The summed E-state index contributed by atoms with van der Waals surface area (Å²) < 4.78 is 1.47. The highest BCUT2D eigenvalue weighted by molar-refractivity contribution is 5.85. The van der Waals surface area contributed by atoms with Gasteiger partial charge in [0.15, 0.2) is 0 Å². The van der Waals surface area contributed by atoms with Crippen molar-refractivity contribution in [3.05, 3.63) is 0 Å². The normalized spacial score (nSPS) is 30.1. The fourth-order valence-corrected chi connectivity index (χ4v) is 4.03. The maximum atomic E-state index is 12.9. The Morgan fingerprint density at radius 3 is 2.40 bits per heavy atom. The molecule has 0 aromatic rings. The van der Waals surface area contributed by atoms with E-state index in [1.54, 1.807) is 7.05 Å². The molecule has 3 atom stereocenters. The summed E-state index contributed by atoms with van der Waals surface area (Å²) in [7, 11) is 1.61. The van der Waals surface area contributed by atoms with Gasteiger partial charge >= 0.3 is 5.91 Å². The lowest BCUT2D eigenvalue weighted by Crippen LogP contribution is -2.56. The molecule has 2 fully saturated rings. The Bertz CT molecular complexity index is 430. The average molecular weight is 279 g/mol. The van der Waals surface area contributed by atoms with E-state index in [9.17, 15) is 9.59 Å². The molecule has 0 aromatic carbocycles. The second-order valence-electron chi connectivity index (χ2n) is 6.72. The van der Waals surface area contributed by atoms with E-state index in [4.69, 9.17) is 0 Å². The summed E-state index contributed by atoms with van der Waals surface area (Å²) in [5, 5.41) is 2.65. The monoisotopic (exact) mass is 279 g/mol. The summed E-state index contributed by atoms with van der Waals surface area (Å²) in [6, 6.07) is -0.468. The molecular formula is C16H27N2O2+. The van der Waals surface area contributed by atoms with Crippen molar-refractivity contribution in [2.45, 2.75) is 58.4 Å². The van der Waals surface area contributed by atoms with E-state index in [1.165, 1.54) is 11.0 Å². The molecule has 0 bridgehead atoms. The van der Waals surface area contributed by atoms with E-state index in [2.05, 4.69) is 12.0 Å². The third kappa shape index (κ3) is 2.29. The maximum Gasteiger partial charge on any atom is 0.393 e. The largest absolute Gasteiger partial charge is 0.393 e. The molecule has 0 radical (unpaired) electrons. The second kappa shape index (κ2) is 5.66. The molecule has 2 saturated carbocycles. The van der Waals surface area contributed by atoms with Gasteiger partial charge in [-0.3, -0.25) is 4.79 Å². The topological polar surface area (TPSA) is 49.2 Å². The quantitative estimate of drug-likeness (QED) is 0.632. The van der Waals surface area contributed by atoms with Gasteiger partial charge in [0.2, 0.25) is 6.04 Å². The van der Waals surface area contributed by atoms with Crippen LogP contribution in [0.2, 0.25) is 0 Å². The SMILES string of the molecule is C=[N+](C(=O)C12CCCCC1CC2)C(C(=O)NC)C(C)C. The van der Waals surface area contributed by atoms with Crippen LogP contribution in [0.1, 0.15) is 52.4 Å². The van der Waals surface area contributed by atoms with Gasteiger partial charge in [-0.15, -0.1) is 0 Å². The third-order valence-electron chi connectivity index (χ3n) is 5.31. The van der Waals surface area contributed by atoms with E-state index in [1.807, 2.05) is 13.8 Å². The Hall–Kier alpha value is -1.19. The summed E-state index contributed by atoms with van der Waals surface area (Å²) in [5.74, 6) is 0.558. The van der Waals surface area contributed by atoms with Crippen molar-refractivity contribution in [3.8, 4) is 0 Å². The molecule has 2 aliphatic rings. The van der Waals surface area contributed by atoms with Crippen molar-refractivity contribution >= 4 is 18.5 Å². The summed E-state index contributed by atoms with van der Waals surface area (Å²) in [4.78, 5) is 25.0. The molecule has 0 spiro atoms. The second-order valence-corrected chi connectivity index (χ2v) is 6.72. The Balaban J connectivity index is 2.19. The fourth-order valence-electron chi connectivity index (χ4n) is 4.03. The fraction of sp³-hybridized carbons (Fsp3) is 0.812. The molecule has 112 valence electrons. The van der Waals surface area contributed by atoms with Crippen LogP contribution in [0.5, 0.6) is 0 Å². The molecular weight excluding hydrogens is 252 g/mol. The van der Waals surface area contributed by atoms with Crippen molar-refractivity contribution in [1.29, 1.82) is 0 Å². The van der Waals surface area contributed by atoms with Crippen LogP contribution < -0.4 is 5.32 Å². The van der Waals surface area contributed by atoms with Crippen LogP contribution >= 0.6 is 0 Å². The number of carbonyl (C=O) groups is 2. The zero-order valence-corrected chi connectivity index (χ0v) is 12.9. The molecule has 3 unspecified atom stereocenters. The highest BCUT2D eigenvalue weighted by atomic mass is 16.2. The van der Waals surface area contributed by atoms with Gasteiger partial charge < -0.3 is 5.32 Å². The molecule has 2 rings (SSSR count). The van der Waals surface area contributed by atoms with Crippen LogP contribution in [-0.4, -0.2) is 36.2 Å². The number of fused-ring (bicyclic) bond motifs is 1. The predicted molar refractivity (Wildman–Crippen MR) is 78.7 cm³/mol. The Morgan fingerprint density at radius 2 is 1.95 bits per heavy atom. The van der Waals surface area contributed by atoms with E-state index in [0.29, 0.717) is 5.92 Å². The van der Waals surface area contributed by atoms with Gasteiger partial charge in [0.1, 0.15) is 6.72 Å². The summed E-state index contributed by atoms with van der Waals surface area (Å²) in [6.45, 7) is 7.86. The third-order valence-corrected chi connectivity index (χ3v) is 5.31. The summed E-state index contributed by atoms with van der Waals surface area (Å²) >= 11 is 0. The molecule has 2 amide bonds. The summed E-state index contributed by atoms with van der Waals surface area (Å²) in [6.07, 6.45) is 6.63. The van der Waals surface area contributed by atoms with Crippen molar-refractivity contribution < 1.29 is 14.2 Å². The lowest BCUT2D eigenvalue weighted by Gasteiger charge is -2.49. The number of carbonyl (C=O) groups excluding carboxylic acids is 2. The van der Waals surface area contributed by atoms with Gasteiger partial charge in [-0.2, -0.15) is 4.58 Å². The van der Waals surface area contributed by atoms with Crippen molar-refractivity contribution in [3.63, 3.8) is 0 Å². The van der Waals surface area contributed by atoms with Gasteiger partial charge in [-0.1, -0.05) is 26.7 Å². The minimum atomic E-state index is -0.468. The molecule has 2 aliphatic carbocycles. The van der Waals surface area contributed by atoms with Crippen LogP contribution in [0.25, 0.3) is 0 Å². The molecule has 0 aromatic heterocycles. The lowest BCUT2D eigenvalue weighted by atomic mass is 9.53. The highest BCUT2D eigenvalue weighted by Gasteiger charge is 2.59. The summed E-state index contributed by atoms with van der Waals surface area (Å²) in [5.41, 5.74) is -0.207. The first-order valence-electron chi connectivity index (χ1n) is 7.80. The van der Waals surface area contributed by atoms with Crippen LogP contribution in [0.3, 0.4) is 0 Å². The molecule has 4 nitrogen and oxygen atoms in total. The maximum absolute atomic E-state index is 12.9. The number of amides is 2. The van der Waals surface area contributed by atoms with Crippen LogP contribution in [0.4, 0.5) is 0 Å². The molecule has 0 aliphatic heterocycles. The van der Waals surface area contributed by atoms with Crippen LogP contribution in [0, 0.1) is 17.3 Å². The van der Waals surface area contributed by atoms with E-state index >= 15 is 0 Å². The predicted octanol–water partition coefficient (Wildman–Crippen LogP) is 1.97. The zero-order valence-electron chi connectivity index (χ0n) is 12.9. The van der Waals surface area contributed by atoms with E-state index in [-0.39, 0.29) is 23.1 Å². The smallest absolute Gasteiger partial charge is 0.353 e. The van der Waals surface area contributed by atoms with Gasteiger partial charge in [0.25, 0.3) is 5.91 Å². The number of hydrogen-bond donors (Lipinski definition) is 1. The van der Waals surface area contributed by atoms with Gasteiger partial charge in [-0.25, -0.2) is 4.79 Å². The Morgan fingerprint density at radius 1 is 1.25 bits per heavy atom. The Labute approximate surface area is 121 Å². The lowest BCUT2D eigenvalue weighted by molar-refractivity contribution is -0.487. The molecule has 0 heterocycles. The van der Waals surface area contributed by atoms with Crippen molar-refractivity contribution in [2.75, 3.05) is 7.05 Å². The number of rotatable bonds is 4. The molecule has 1 N–H and O–H groups in total. The number of likely N-dealkylation sites (N-methyl/N-ethyl adjacent to an activating group) is 1. The van der Waals surface area contributed by atoms with Crippen molar-refractivity contribution in [1.82, 2.24) is 5.32 Å². The molecule has 0 saturated heterocycles. The Kier molecular flexibility index (Phi) is 4.31. The first-order chi connectivity index (χ1) is 9.44. The number of hydrogen-bond acceptors (Lipinski definition) is 2. The van der Waals surface area contributed by atoms with Crippen molar-refractivity contribution in [2.24, 2.45) is 17.3 Å². The standard InChI is InChI=1S/C16H26N2O2/c1-11(2)13(14(19)17-3)18(4)15(20)16-9-6-5-7-12(16)8-10-16/h11-13H,4-10H2,1-3H3/p+1. The minimum absolute atomic E-state index is 0.0647. The van der Waals surface area contributed by atoms with Gasteiger partial charge in [0, 0.05) is 13.0 Å². The van der Waals surface area contributed by atoms with Crippen LogP contribution in [0.15, 0.2) is 0 Å². The average Bonchev–Trinajstić information content (AvgIpc) is 2.39. The van der Waals surface area contributed by atoms with E-state index < -0.39 is 6.04 Å². The molecule has 20 heavy (non-hydrogen) atoms. The first kappa shape index (κ1) is 15.2. The van der Waals surface area contributed by atoms with E-state index in [0.717, 1.165) is 32.1 Å². The first-order valence-corrected chi connectivity index (χ1v) is 7.80. The van der Waals surface area contributed by atoms with Gasteiger partial charge in [-0.05, 0) is 31.6 Å². The zero-order chi connectivity index (χ0) is 14.9. The number of nitrogens with zero attached hydrogens (tertiary/aromatic N) is 1. The van der Waals surface area contributed by atoms with Gasteiger partial charge in [0.05, 0.1) is 5.41 Å².